The summed E-state index contributed by atoms with van der Waals surface area (Å²) in [5.41, 5.74) is 0.857. The van der Waals surface area contributed by atoms with Crippen LogP contribution in [0.25, 0.3) is 10.2 Å². The molecule has 1 amide bonds. The first kappa shape index (κ1) is 22.9. The van der Waals surface area contributed by atoms with Crippen molar-refractivity contribution in [1.82, 2.24) is 9.88 Å². The SMILES string of the molecule is CCOc1ccc2nc(N(CCN(C)C)C(=O)COc3ccccc3)sc2c1.Cl. The molecule has 3 aromatic rings. The number of carbonyl (C=O) groups excluding carboxylic acids is 1. The minimum atomic E-state index is -0.116. The number of rotatable bonds is 9. The third-order valence-corrected chi connectivity index (χ3v) is 5.11. The predicted molar refractivity (Wildman–Crippen MR) is 121 cm³/mol. The molecule has 0 fully saturated rings. The van der Waals surface area contributed by atoms with Crippen LogP contribution in [-0.4, -0.2) is 56.2 Å². The van der Waals surface area contributed by atoms with E-state index in [1.54, 1.807) is 4.90 Å². The van der Waals surface area contributed by atoms with Crippen LogP contribution in [0.1, 0.15) is 6.92 Å². The number of hydrogen-bond acceptors (Lipinski definition) is 6. The number of anilines is 1. The van der Waals surface area contributed by atoms with Gasteiger partial charge in [0.05, 0.1) is 16.8 Å². The maximum Gasteiger partial charge on any atom is 0.266 e. The number of nitrogens with zero attached hydrogens (tertiary/aromatic N) is 3. The van der Waals surface area contributed by atoms with Gasteiger partial charge in [-0.05, 0) is 51.4 Å². The molecule has 0 spiro atoms. The summed E-state index contributed by atoms with van der Waals surface area (Å²) in [6.07, 6.45) is 0. The van der Waals surface area contributed by atoms with Crippen molar-refractivity contribution in [1.29, 1.82) is 0 Å². The van der Waals surface area contributed by atoms with Crippen LogP contribution in [0.3, 0.4) is 0 Å². The molecule has 6 nitrogen and oxygen atoms in total. The number of likely N-dealkylation sites (N-methyl/N-ethyl adjacent to an activating group) is 1. The van der Waals surface area contributed by atoms with E-state index in [1.807, 2.05) is 74.4 Å². The topological polar surface area (TPSA) is 54.9 Å². The van der Waals surface area contributed by atoms with Gasteiger partial charge in [-0.15, -0.1) is 12.4 Å². The van der Waals surface area contributed by atoms with E-state index in [4.69, 9.17) is 9.47 Å². The summed E-state index contributed by atoms with van der Waals surface area (Å²) >= 11 is 1.49. The minimum Gasteiger partial charge on any atom is -0.494 e. The van der Waals surface area contributed by atoms with E-state index in [1.165, 1.54) is 11.3 Å². The lowest BCUT2D eigenvalue weighted by molar-refractivity contribution is -0.120. The lowest BCUT2D eigenvalue weighted by Crippen LogP contribution is -2.39. The number of para-hydroxylation sites is 1. The van der Waals surface area contributed by atoms with Gasteiger partial charge in [0.25, 0.3) is 5.91 Å². The lowest BCUT2D eigenvalue weighted by Gasteiger charge is -2.22. The van der Waals surface area contributed by atoms with E-state index in [-0.39, 0.29) is 24.9 Å². The van der Waals surface area contributed by atoms with Crippen LogP contribution in [0.4, 0.5) is 5.13 Å². The lowest BCUT2D eigenvalue weighted by atomic mass is 10.3. The fourth-order valence-corrected chi connectivity index (χ4v) is 3.67. The van der Waals surface area contributed by atoms with Crippen LogP contribution in [0.2, 0.25) is 0 Å². The number of halogens is 1. The van der Waals surface area contributed by atoms with Crippen LogP contribution in [0.15, 0.2) is 48.5 Å². The summed E-state index contributed by atoms with van der Waals surface area (Å²) in [6.45, 7) is 3.81. The molecule has 0 saturated heterocycles. The first-order valence-corrected chi connectivity index (χ1v) is 10.0. The molecule has 1 heterocycles. The fourth-order valence-electron chi connectivity index (χ4n) is 2.63. The van der Waals surface area contributed by atoms with E-state index >= 15 is 0 Å². The molecule has 0 aliphatic rings. The largest absolute Gasteiger partial charge is 0.494 e. The molecule has 8 heteroatoms. The van der Waals surface area contributed by atoms with E-state index in [0.29, 0.717) is 24.0 Å². The molecular formula is C21H26ClN3O3S. The third kappa shape index (κ3) is 6.32. The first-order valence-electron chi connectivity index (χ1n) is 9.23. The summed E-state index contributed by atoms with van der Waals surface area (Å²) in [4.78, 5) is 21.3. The monoisotopic (exact) mass is 435 g/mol. The molecule has 0 unspecified atom stereocenters. The molecule has 0 bridgehead atoms. The van der Waals surface area contributed by atoms with Gasteiger partial charge in [-0.3, -0.25) is 9.69 Å². The minimum absolute atomic E-state index is 0. The van der Waals surface area contributed by atoms with E-state index in [0.717, 1.165) is 22.5 Å². The molecule has 0 radical (unpaired) electrons. The van der Waals surface area contributed by atoms with Gasteiger partial charge in [0, 0.05) is 13.1 Å². The number of aromatic nitrogens is 1. The number of hydrogen-bond donors (Lipinski definition) is 0. The Labute approximate surface area is 181 Å². The number of thiazole rings is 1. The maximum absolute atomic E-state index is 12.9. The smallest absolute Gasteiger partial charge is 0.266 e. The zero-order valence-corrected chi connectivity index (χ0v) is 18.5. The van der Waals surface area contributed by atoms with Crippen LogP contribution in [0.5, 0.6) is 11.5 Å². The molecule has 29 heavy (non-hydrogen) atoms. The van der Waals surface area contributed by atoms with Gasteiger partial charge < -0.3 is 14.4 Å². The summed E-state index contributed by atoms with van der Waals surface area (Å²) < 4.78 is 12.2. The second-order valence-electron chi connectivity index (χ2n) is 6.51. The molecule has 0 N–H and O–H groups in total. The van der Waals surface area contributed by atoms with Crippen molar-refractivity contribution in [2.24, 2.45) is 0 Å². The molecule has 2 aromatic carbocycles. The standard InChI is InChI=1S/C21H25N3O3S.ClH/c1-4-26-17-10-11-18-19(14-17)28-21(22-18)24(13-12-23(2)3)20(25)15-27-16-8-6-5-7-9-16;/h5-11,14H,4,12-13,15H2,1-3H3;1H. The average Bonchev–Trinajstić information content (AvgIpc) is 3.10. The quantitative estimate of drug-likeness (QED) is 0.506. The Balaban J connectivity index is 0.00000300. The van der Waals surface area contributed by atoms with Gasteiger partial charge >= 0.3 is 0 Å². The number of fused-ring (bicyclic) bond motifs is 1. The highest BCUT2D eigenvalue weighted by atomic mass is 35.5. The van der Waals surface area contributed by atoms with Crippen molar-refractivity contribution >= 4 is 45.0 Å². The Hall–Kier alpha value is -2.35. The zero-order valence-electron chi connectivity index (χ0n) is 16.8. The maximum atomic E-state index is 12.9. The summed E-state index contributed by atoms with van der Waals surface area (Å²) in [5.74, 6) is 1.37. The molecular weight excluding hydrogens is 410 g/mol. The van der Waals surface area contributed by atoms with Crippen LogP contribution in [-0.2, 0) is 4.79 Å². The van der Waals surface area contributed by atoms with Crippen molar-refractivity contribution in [3.63, 3.8) is 0 Å². The van der Waals surface area contributed by atoms with Crippen molar-refractivity contribution in [2.75, 3.05) is 45.3 Å². The normalized spacial score (nSPS) is 10.6. The van der Waals surface area contributed by atoms with Gasteiger partial charge in [-0.25, -0.2) is 4.98 Å². The highest BCUT2D eigenvalue weighted by Crippen LogP contribution is 2.31. The summed E-state index contributed by atoms with van der Waals surface area (Å²) in [6, 6.07) is 15.1. The Kier molecular flexibility index (Phi) is 8.70. The second kappa shape index (κ2) is 11.0. The Morgan fingerprint density at radius 2 is 1.79 bits per heavy atom. The van der Waals surface area contributed by atoms with Gasteiger partial charge in [0.15, 0.2) is 11.7 Å². The number of ether oxygens (including phenoxy) is 2. The Bertz CT molecular complexity index is 918. The Morgan fingerprint density at radius 1 is 1.03 bits per heavy atom. The van der Waals surface area contributed by atoms with Crippen molar-refractivity contribution < 1.29 is 14.3 Å². The van der Waals surface area contributed by atoms with Gasteiger partial charge in [-0.1, -0.05) is 29.5 Å². The number of carbonyl (C=O) groups is 1. The van der Waals surface area contributed by atoms with E-state index in [2.05, 4.69) is 4.98 Å². The van der Waals surface area contributed by atoms with Gasteiger partial charge in [-0.2, -0.15) is 0 Å². The van der Waals surface area contributed by atoms with Crippen molar-refractivity contribution in [3.05, 3.63) is 48.5 Å². The fraction of sp³-hybridized carbons (Fsp3) is 0.333. The van der Waals surface area contributed by atoms with E-state index in [9.17, 15) is 4.79 Å². The molecule has 0 aliphatic carbocycles. The van der Waals surface area contributed by atoms with Crippen molar-refractivity contribution in [2.45, 2.75) is 6.92 Å². The molecule has 0 aliphatic heterocycles. The molecule has 1 aromatic heterocycles. The number of benzene rings is 2. The third-order valence-electron chi connectivity index (χ3n) is 4.07. The molecule has 156 valence electrons. The highest BCUT2D eigenvalue weighted by molar-refractivity contribution is 7.22. The predicted octanol–water partition coefficient (Wildman–Crippen LogP) is 4.09. The molecule has 3 rings (SSSR count). The zero-order chi connectivity index (χ0) is 19.9. The van der Waals surface area contributed by atoms with Gasteiger partial charge in [0.1, 0.15) is 11.5 Å². The van der Waals surface area contributed by atoms with Gasteiger partial charge in [0.2, 0.25) is 0 Å². The Morgan fingerprint density at radius 3 is 2.48 bits per heavy atom. The van der Waals surface area contributed by atoms with Crippen LogP contribution >= 0.6 is 23.7 Å². The average molecular weight is 436 g/mol. The molecule has 0 atom stereocenters. The summed E-state index contributed by atoms with van der Waals surface area (Å²) in [7, 11) is 3.96. The van der Waals surface area contributed by atoms with Crippen molar-refractivity contribution in [3.8, 4) is 11.5 Å². The number of amides is 1. The summed E-state index contributed by atoms with van der Waals surface area (Å²) in [5, 5.41) is 0.673. The first-order chi connectivity index (χ1) is 13.6. The second-order valence-corrected chi connectivity index (χ2v) is 7.52. The highest BCUT2D eigenvalue weighted by Gasteiger charge is 2.20. The molecule has 0 saturated carbocycles. The van der Waals surface area contributed by atoms with Crippen LogP contribution in [0, 0.1) is 0 Å². The van der Waals surface area contributed by atoms with Crippen LogP contribution < -0.4 is 14.4 Å². The van der Waals surface area contributed by atoms with E-state index < -0.39 is 0 Å².